The number of hydrogen-bond acceptors (Lipinski definition) is 8. The van der Waals surface area contributed by atoms with E-state index >= 15 is 0 Å². The van der Waals surface area contributed by atoms with Crippen LogP contribution >= 0.6 is 0 Å². The zero-order valence-electron chi connectivity index (χ0n) is 22.3. The Labute approximate surface area is 230 Å². The Morgan fingerprint density at radius 2 is 1.80 bits per heavy atom. The lowest BCUT2D eigenvalue weighted by Crippen LogP contribution is -2.34. The Kier molecular flexibility index (Phi) is 6.60. The molecule has 0 amide bonds. The zero-order valence-corrected chi connectivity index (χ0v) is 22.3. The Hall–Kier alpha value is -4.48. The second-order valence-electron chi connectivity index (χ2n) is 10.4. The van der Waals surface area contributed by atoms with Crippen molar-refractivity contribution in [3.63, 3.8) is 0 Å². The molecule has 0 radical (unpaired) electrons. The maximum absolute atomic E-state index is 13.4. The number of fused-ring (bicyclic) bond motifs is 1. The van der Waals surface area contributed by atoms with E-state index in [1.165, 1.54) is 12.1 Å². The van der Waals surface area contributed by atoms with Crippen LogP contribution in [0.5, 0.6) is 0 Å². The van der Waals surface area contributed by atoms with Crippen molar-refractivity contribution in [3.8, 4) is 11.1 Å². The third kappa shape index (κ3) is 4.96. The minimum atomic E-state index is -0.839. The lowest BCUT2D eigenvalue weighted by atomic mass is 9.87. The highest BCUT2D eigenvalue weighted by molar-refractivity contribution is 5.78. The minimum Gasteiger partial charge on any atom is -0.391 e. The summed E-state index contributed by atoms with van der Waals surface area (Å²) in [5.74, 6) is 1.22. The summed E-state index contributed by atoms with van der Waals surface area (Å²) in [5, 5.41) is 18.4. The van der Waals surface area contributed by atoms with Crippen molar-refractivity contribution in [2.45, 2.75) is 38.5 Å². The molecule has 4 aromatic heterocycles. The number of aliphatic hydroxyl groups excluding tert-OH is 1. The molecule has 0 spiro atoms. The van der Waals surface area contributed by atoms with Gasteiger partial charge in [0.2, 0.25) is 0 Å². The molecule has 10 nitrogen and oxygen atoms in total. The van der Waals surface area contributed by atoms with Crippen LogP contribution in [0.2, 0.25) is 0 Å². The van der Waals surface area contributed by atoms with Gasteiger partial charge in [0.15, 0.2) is 11.6 Å². The predicted octanol–water partition coefficient (Wildman–Crippen LogP) is 3.42. The lowest BCUT2D eigenvalue weighted by molar-refractivity contribution is 0.168. The van der Waals surface area contributed by atoms with Gasteiger partial charge in [-0.05, 0) is 49.6 Å². The van der Waals surface area contributed by atoms with Crippen molar-refractivity contribution >= 4 is 16.9 Å². The monoisotopic (exact) mass is 539 g/mol. The number of rotatable bonds is 7. The van der Waals surface area contributed by atoms with Gasteiger partial charge >= 0.3 is 0 Å². The topological polar surface area (TPSA) is 123 Å². The molecule has 0 bridgehead atoms. The number of nitrogens with zero attached hydrogens (tertiary/aromatic N) is 8. The molecule has 5 heterocycles. The summed E-state index contributed by atoms with van der Waals surface area (Å²) in [6.07, 6.45) is 13.1. The van der Waals surface area contributed by atoms with E-state index < -0.39 is 11.6 Å². The van der Waals surface area contributed by atoms with Crippen LogP contribution in [0, 0.1) is 5.82 Å². The third-order valence-electron chi connectivity index (χ3n) is 7.29. The van der Waals surface area contributed by atoms with Crippen LogP contribution in [-0.4, -0.2) is 58.6 Å². The van der Waals surface area contributed by atoms with Crippen molar-refractivity contribution in [3.05, 3.63) is 96.5 Å². The maximum atomic E-state index is 13.4. The van der Waals surface area contributed by atoms with Crippen LogP contribution in [0.3, 0.4) is 0 Å². The van der Waals surface area contributed by atoms with E-state index in [0.717, 1.165) is 52.1 Å². The second-order valence-corrected chi connectivity index (χ2v) is 10.4. The average molecular weight is 540 g/mol. The summed E-state index contributed by atoms with van der Waals surface area (Å²) < 4.78 is 16.9. The largest absolute Gasteiger partial charge is 0.391 e. The molecule has 1 aliphatic rings. The van der Waals surface area contributed by atoms with Gasteiger partial charge in [-0.25, -0.2) is 23.9 Å². The number of anilines is 1. The molecule has 1 aromatic carbocycles. The summed E-state index contributed by atoms with van der Waals surface area (Å²) in [4.78, 5) is 16.0. The molecule has 6 rings (SSSR count). The summed E-state index contributed by atoms with van der Waals surface area (Å²) >= 11 is 0. The molecule has 1 unspecified atom stereocenters. The highest BCUT2D eigenvalue weighted by atomic mass is 19.1. The standard InChI is InChI=1S/C29H30FN9O/c1-19(40)15-38-16-22(12-35-38)21-11-26-28(34-18-36-39(26)17-21)37-9-7-20(8-10-37)27-32-13-24(14-33-27)29(2,31)23-3-5-25(30)6-4-23/h3-7,11-14,16-19,40H,8-10,15,31H2,1-2H3/t19-,29?/m0/s1. The Morgan fingerprint density at radius 3 is 2.50 bits per heavy atom. The summed E-state index contributed by atoms with van der Waals surface area (Å²) in [7, 11) is 0. The van der Waals surface area contributed by atoms with Gasteiger partial charge in [0.25, 0.3) is 0 Å². The molecule has 40 heavy (non-hydrogen) atoms. The number of aliphatic hydroxyl groups is 1. The van der Waals surface area contributed by atoms with E-state index in [9.17, 15) is 9.50 Å². The van der Waals surface area contributed by atoms with E-state index in [0.29, 0.717) is 18.9 Å². The van der Waals surface area contributed by atoms with Crippen molar-refractivity contribution in [2.24, 2.45) is 5.73 Å². The van der Waals surface area contributed by atoms with E-state index in [2.05, 4.69) is 42.2 Å². The van der Waals surface area contributed by atoms with Crippen LogP contribution < -0.4 is 10.6 Å². The summed E-state index contributed by atoms with van der Waals surface area (Å²) in [6.45, 7) is 5.45. The van der Waals surface area contributed by atoms with Gasteiger partial charge in [0.05, 0.1) is 24.4 Å². The van der Waals surface area contributed by atoms with Crippen molar-refractivity contribution in [1.29, 1.82) is 0 Å². The Balaban J connectivity index is 1.19. The fourth-order valence-electron chi connectivity index (χ4n) is 4.99. The number of aromatic nitrogens is 7. The molecule has 11 heteroatoms. The molecule has 2 atom stereocenters. The smallest absolute Gasteiger partial charge is 0.156 e. The van der Waals surface area contributed by atoms with Gasteiger partial charge in [-0.15, -0.1) is 0 Å². The van der Waals surface area contributed by atoms with Crippen LogP contribution in [0.1, 0.15) is 37.2 Å². The highest BCUT2D eigenvalue weighted by Crippen LogP contribution is 2.30. The first-order chi connectivity index (χ1) is 19.3. The normalized spacial score (nSPS) is 16.1. The van der Waals surface area contributed by atoms with Gasteiger partial charge in [-0.1, -0.05) is 18.2 Å². The second kappa shape index (κ2) is 10.2. The molecule has 1 aliphatic heterocycles. The molecular formula is C29H30FN9O. The van der Waals surface area contributed by atoms with Gasteiger partial charge < -0.3 is 15.7 Å². The fraction of sp³-hybridized carbons (Fsp3) is 0.276. The first-order valence-electron chi connectivity index (χ1n) is 13.1. The quantitative estimate of drug-likeness (QED) is 0.323. The fourth-order valence-corrected chi connectivity index (χ4v) is 4.99. The SMILES string of the molecule is C[C@H](O)Cn1cc(-c2cc3c(N4CC=C(c5ncc(C(C)(N)c6ccc(F)cc6)cn5)CC4)ncnn3c2)cn1. The number of halogens is 1. The molecule has 0 saturated heterocycles. The molecule has 0 aliphatic carbocycles. The first-order valence-corrected chi connectivity index (χ1v) is 13.1. The number of hydrogen-bond donors (Lipinski definition) is 2. The highest BCUT2D eigenvalue weighted by Gasteiger charge is 2.26. The third-order valence-corrected chi connectivity index (χ3v) is 7.29. The van der Waals surface area contributed by atoms with Crippen LogP contribution in [0.25, 0.3) is 22.2 Å². The molecule has 204 valence electrons. The molecule has 3 N–H and O–H groups in total. The van der Waals surface area contributed by atoms with E-state index in [1.807, 2.05) is 23.8 Å². The molecule has 0 saturated carbocycles. The lowest BCUT2D eigenvalue weighted by Gasteiger charge is -2.28. The van der Waals surface area contributed by atoms with Gasteiger partial charge in [0, 0.05) is 54.6 Å². The van der Waals surface area contributed by atoms with E-state index in [4.69, 9.17) is 5.73 Å². The van der Waals surface area contributed by atoms with E-state index in [1.54, 1.807) is 48.7 Å². The zero-order chi connectivity index (χ0) is 27.9. The van der Waals surface area contributed by atoms with Crippen LogP contribution in [0.15, 0.2) is 73.7 Å². The first kappa shape index (κ1) is 25.8. The molecule has 5 aromatic rings. The van der Waals surface area contributed by atoms with Crippen molar-refractivity contribution < 1.29 is 9.50 Å². The minimum absolute atomic E-state index is 0.300. The molecular weight excluding hydrogens is 509 g/mol. The van der Waals surface area contributed by atoms with Crippen LogP contribution in [-0.2, 0) is 12.1 Å². The maximum Gasteiger partial charge on any atom is 0.156 e. The summed E-state index contributed by atoms with van der Waals surface area (Å²) in [5.41, 5.74) is 11.2. The Bertz CT molecular complexity index is 1670. The van der Waals surface area contributed by atoms with Gasteiger partial charge in [0.1, 0.15) is 17.7 Å². The average Bonchev–Trinajstić information content (AvgIpc) is 3.60. The molecule has 0 fully saturated rings. The van der Waals surface area contributed by atoms with Crippen molar-refractivity contribution in [1.82, 2.24) is 34.3 Å². The van der Waals surface area contributed by atoms with Gasteiger partial charge in [-0.2, -0.15) is 10.2 Å². The predicted molar refractivity (Wildman–Crippen MR) is 150 cm³/mol. The summed E-state index contributed by atoms with van der Waals surface area (Å²) in [6, 6.07) is 8.24. The van der Waals surface area contributed by atoms with Crippen molar-refractivity contribution in [2.75, 3.05) is 18.0 Å². The van der Waals surface area contributed by atoms with Crippen LogP contribution in [0.4, 0.5) is 10.2 Å². The number of nitrogens with two attached hydrogens (primary N) is 1. The van der Waals surface area contributed by atoms with E-state index in [-0.39, 0.29) is 5.82 Å². The Morgan fingerprint density at radius 1 is 1.02 bits per heavy atom. The number of benzene rings is 1. The van der Waals surface area contributed by atoms with Gasteiger partial charge in [-0.3, -0.25) is 4.68 Å².